The molecule has 0 radical (unpaired) electrons. The third-order valence-electron chi connectivity index (χ3n) is 3.07. The number of aromatic nitrogens is 2. The van der Waals surface area contributed by atoms with E-state index < -0.39 is 5.41 Å². The van der Waals surface area contributed by atoms with Crippen molar-refractivity contribution in [1.82, 2.24) is 10.2 Å². The van der Waals surface area contributed by atoms with Crippen LogP contribution in [0.15, 0.2) is 17.5 Å². The van der Waals surface area contributed by atoms with Crippen LogP contribution in [0.25, 0.3) is 0 Å². The van der Waals surface area contributed by atoms with Crippen molar-refractivity contribution >= 4 is 39.4 Å². The first kappa shape index (κ1) is 20.4. The summed E-state index contributed by atoms with van der Waals surface area (Å²) < 4.78 is 0. The molecule has 2 rings (SSSR count). The van der Waals surface area contributed by atoms with Gasteiger partial charge in [0.05, 0.1) is 0 Å². The summed E-state index contributed by atoms with van der Waals surface area (Å²) in [5.74, 6) is 0.293. The minimum absolute atomic E-state index is 0.0169. The van der Waals surface area contributed by atoms with Gasteiger partial charge in [-0.15, -0.1) is 21.5 Å². The third kappa shape index (κ3) is 6.49. The summed E-state index contributed by atoms with van der Waals surface area (Å²) in [5, 5.41) is 9.98. The minimum Gasteiger partial charge on any atom is -0.374 e. The summed E-state index contributed by atoms with van der Waals surface area (Å²) in [4.78, 5) is 24.2. The van der Waals surface area contributed by atoms with Gasteiger partial charge in [-0.2, -0.15) is 0 Å². The number of nitrogen functional groups attached to an aromatic ring is 1. The number of hydrogen-bond acceptors (Lipinski definition) is 7. The van der Waals surface area contributed by atoms with E-state index in [2.05, 4.69) is 10.2 Å². The molecule has 2 heterocycles. The number of carbonyl (C=O) groups is 2. The van der Waals surface area contributed by atoms with Crippen LogP contribution < -0.4 is 5.73 Å². The van der Waals surface area contributed by atoms with Crippen LogP contribution >= 0.6 is 22.7 Å². The van der Waals surface area contributed by atoms with Gasteiger partial charge in [0, 0.05) is 22.1 Å². The quantitative estimate of drug-likeness (QED) is 0.819. The lowest BCUT2D eigenvalue weighted by Crippen LogP contribution is -2.21. The Hall–Kier alpha value is -1.60. The molecular weight excluding hydrogens is 342 g/mol. The van der Waals surface area contributed by atoms with E-state index >= 15 is 0 Å². The van der Waals surface area contributed by atoms with E-state index in [1.807, 2.05) is 59.1 Å². The molecule has 132 valence electrons. The fraction of sp³-hybridized carbons (Fsp3) is 0.529. The van der Waals surface area contributed by atoms with Crippen molar-refractivity contribution in [3.8, 4) is 0 Å². The fourth-order valence-corrected chi connectivity index (χ4v) is 2.95. The highest BCUT2D eigenvalue weighted by molar-refractivity contribution is 7.16. The smallest absolute Gasteiger partial charge is 0.203 e. The number of thiophene rings is 1. The van der Waals surface area contributed by atoms with Crippen molar-refractivity contribution < 1.29 is 9.59 Å². The normalized spacial score (nSPS) is 11.6. The Kier molecular flexibility index (Phi) is 6.80. The predicted molar refractivity (Wildman–Crippen MR) is 101 cm³/mol. The number of nitrogens with two attached hydrogens (primary N) is 1. The molecule has 0 spiro atoms. The molecular formula is C17H25N3O2S2. The second-order valence-electron chi connectivity index (χ2n) is 7.45. The maximum absolute atomic E-state index is 11.5. The summed E-state index contributed by atoms with van der Waals surface area (Å²) in [6.07, 6.45) is 0.584. The van der Waals surface area contributed by atoms with E-state index in [0.29, 0.717) is 22.3 Å². The molecule has 0 fully saturated rings. The molecule has 0 aliphatic carbocycles. The zero-order valence-corrected chi connectivity index (χ0v) is 16.7. The van der Waals surface area contributed by atoms with Crippen molar-refractivity contribution in [3.63, 3.8) is 0 Å². The van der Waals surface area contributed by atoms with Crippen molar-refractivity contribution in [2.75, 3.05) is 5.73 Å². The molecule has 0 aromatic carbocycles. The van der Waals surface area contributed by atoms with Crippen LogP contribution in [-0.2, 0) is 11.2 Å². The highest BCUT2D eigenvalue weighted by Crippen LogP contribution is 2.23. The molecule has 24 heavy (non-hydrogen) atoms. The van der Waals surface area contributed by atoms with Crippen LogP contribution in [-0.4, -0.2) is 21.8 Å². The molecule has 2 aromatic rings. The molecule has 2 aromatic heterocycles. The fourth-order valence-electron chi connectivity index (χ4n) is 1.48. The molecule has 0 amide bonds. The van der Waals surface area contributed by atoms with Gasteiger partial charge in [0.2, 0.25) is 5.13 Å². The van der Waals surface area contributed by atoms with Gasteiger partial charge in [-0.3, -0.25) is 9.59 Å². The second-order valence-corrected chi connectivity index (χ2v) is 9.50. The van der Waals surface area contributed by atoms with Gasteiger partial charge in [0.15, 0.2) is 10.8 Å². The van der Waals surface area contributed by atoms with E-state index in [1.54, 1.807) is 11.3 Å². The molecule has 0 atom stereocenters. The molecule has 0 saturated carbocycles. The van der Waals surface area contributed by atoms with E-state index in [-0.39, 0.29) is 11.2 Å². The van der Waals surface area contributed by atoms with E-state index in [4.69, 9.17) is 5.73 Å². The standard InChI is InChI=1S/C10H14OS.C7H11N3OS/c1-10(2,3)9(11)7-8-5-4-6-12-8;1-7(2,3)4(11)5-9-10-6(8)12-5/h4-6H,7H2,1-3H3;1-3H3,(H2,8,10). The van der Waals surface area contributed by atoms with E-state index in [9.17, 15) is 9.59 Å². The van der Waals surface area contributed by atoms with Gasteiger partial charge in [-0.1, -0.05) is 58.9 Å². The zero-order valence-electron chi connectivity index (χ0n) is 15.0. The number of ketones is 2. The van der Waals surface area contributed by atoms with Gasteiger partial charge >= 0.3 is 0 Å². The molecule has 5 nitrogen and oxygen atoms in total. The monoisotopic (exact) mass is 367 g/mol. The van der Waals surface area contributed by atoms with E-state index in [0.717, 1.165) is 16.2 Å². The Morgan fingerprint density at radius 3 is 2.08 bits per heavy atom. The SMILES string of the molecule is CC(C)(C)C(=O)Cc1cccs1.CC(C)(C)C(=O)c1nnc(N)s1. The predicted octanol–water partition coefficient (Wildman–Crippen LogP) is 4.25. The zero-order chi connectivity index (χ0) is 18.5. The molecule has 0 bridgehead atoms. The van der Waals surface area contributed by atoms with Crippen molar-refractivity contribution in [1.29, 1.82) is 0 Å². The Morgan fingerprint density at radius 1 is 1.08 bits per heavy atom. The lowest BCUT2D eigenvalue weighted by Gasteiger charge is -2.15. The molecule has 0 saturated heterocycles. The van der Waals surface area contributed by atoms with Gasteiger partial charge < -0.3 is 5.73 Å². The molecule has 0 aliphatic heterocycles. The van der Waals surface area contributed by atoms with Crippen LogP contribution in [0.1, 0.15) is 56.2 Å². The average molecular weight is 368 g/mol. The first-order valence-electron chi connectivity index (χ1n) is 7.60. The Morgan fingerprint density at radius 2 is 1.71 bits per heavy atom. The largest absolute Gasteiger partial charge is 0.374 e. The van der Waals surface area contributed by atoms with Crippen molar-refractivity contribution in [2.24, 2.45) is 10.8 Å². The van der Waals surface area contributed by atoms with Crippen LogP contribution in [0.2, 0.25) is 0 Å². The number of carbonyl (C=O) groups excluding carboxylic acids is 2. The number of hydrogen-bond donors (Lipinski definition) is 1. The maximum Gasteiger partial charge on any atom is 0.203 e. The Bertz CT molecular complexity index is 677. The van der Waals surface area contributed by atoms with Gasteiger partial charge in [0.25, 0.3) is 0 Å². The topological polar surface area (TPSA) is 85.9 Å². The molecule has 0 aliphatic rings. The van der Waals surface area contributed by atoms with Crippen LogP contribution in [0.3, 0.4) is 0 Å². The van der Waals surface area contributed by atoms with Crippen LogP contribution in [0.5, 0.6) is 0 Å². The molecule has 2 N–H and O–H groups in total. The summed E-state index contributed by atoms with van der Waals surface area (Å²) >= 11 is 2.78. The summed E-state index contributed by atoms with van der Waals surface area (Å²) in [6, 6.07) is 3.99. The highest BCUT2D eigenvalue weighted by atomic mass is 32.1. The Balaban J connectivity index is 0.000000240. The van der Waals surface area contributed by atoms with E-state index in [1.165, 1.54) is 0 Å². The maximum atomic E-state index is 11.5. The van der Waals surface area contributed by atoms with Gasteiger partial charge in [-0.05, 0) is 11.4 Å². The van der Waals surface area contributed by atoms with Gasteiger partial charge in [0.1, 0.15) is 5.78 Å². The van der Waals surface area contributed by atoms with Crippen molar-refractivity contribution in [2.45, 2.75) is 48.0 Å². The molecule has 7 heteroatoms. The van der Waals surface area contributed by atoms with Crippen LogP contribution in [0.4, 0.5) is 5.13 Å². The number of anilines is 1. The lowest BCUT2D eigenvalue weighted by atomic mass is 9.89. The summed E-state index contributed by atoms with van der Waals surface area (Å²) in [6.45, 7) is 11.4. The summed E-state index contributed by atoms with van der Waals surface area (Å²) in [7, 11) is 0. The first-order chi connectivity index (χ1) is 10.9. The number of Topliss-reactive ketones (excluding diaryl/α,β-unsaturated/α-hetero) is 2. The third-order valence-corrected chi connectivity index (χ3v) is 4.70. The Labute approximate surface area is 151 Å². The first-order valence-corrected chi connectivity index (χ1v) is 9.30. The summed E-state index contributed by atoms with van der Waals surface area (Å²) in [5.41, 5.74) is 4.74. The highest BCUT2D eigenvalue weighted by Gasteiger charge is 2.26. The second kappa shape index (κ2) is 7.98. The number of rotatable bonds is 3. The number of nitrogens with zero attached hydrogens (tertiary/aromatic N) is 2. The molecule has 0 unspecified atom stereocenters. The minimum atomic E-state index is -0.411. The van der Waals surface area contributed by atoms with Crippen LogP contribution in [0, 0.1) is 10.8 Å². The average Bonchev–Trinajstić information content (AvgIpc) is 3.08. The lowest BCUT2D eigenvalue weighted by molar-refractivity contribution is -0.125. The van der Waals surface area contributed by atoms with Gasteiger partial charge in [-0.25, -0.2) is 0 Å². The van der Waals surface area contributed by atoms with Crippen molar-refractivity contribution in [3.05, 3.63) is 27.4 Å².